The fraction of sp³-hybridized carbons (Fsp3) is 0.562. The first-order valence-corrected chi connectivity index (χ1v) is 7.47. The highest BCUT2D eigenvalue weighted by Crippen LogP contribution is 2.38. The fourth-order valence-electron chi connectivity index (χ4n) is 2.75. The predicted octanol–water partition coefficient (Wildman–Crippen LogP) is 0.442. The molecule has 126 valence electrons. The summed E-state index contributed by atoms with van der Waals surface area (Å²) in [4.78, 5) is 11.8. The number of fused-ring (bicyclic) bond motifs is 1. The zero-order valence-electron chi connectivity index (χ0n) is 12.9. The third-order valence-corrected chi connectivity index (χ3v) is 3.83. The van der Waals surface area contributed by atoms with Crippen LogP contribution in [0.3, 0.4) is 0 Å². The molecule has 5 atom stereocenters. The number of hydrogen-bond acceptors (Lipinski definition) is 7. The molecule has 0 bridgehead atoms. The molecule has 7 nitrogen and oxygen atoms in total. The third-order valence-electron chi connectivity index (χ3n) is 3.83. The van der Waals surface area contributed by atoms with E-state index in [4.69, 9.17) is 18.9 Å². The summed E-state index contributed by atoms with van der Waals surface area (Å²) in [6.07, 6.45) is -4.60. The van der Waals surface area contributed by atoms with Crippen molar-refractivity contribution in [2.45, 2.75) is 50.3 Å². The topological polar surface area (TPSA) is 94.5 Å². The zero-order chi connectivity index (χ0) is 16.6. The van der Waals surface area contributed by atoms with Gasteiger partial charge in [-0.3, -0.25) is 0 Å². The Hall–Kier alpha value is -1.51. The van der Waals surface area contributed by atoms with Crippen molar-refractivity contribution in [3.63, 3.8) is 0 Å². The molecule has 0 radical (unpaired) electrons. The van der Waals surface area contributed by atoms with Crippen LogP contribution in [-0.2, 0) is 18.9 Å². The molecule has 0 saturated carbocycles. The number of ether oxygens (including phenoxy) is 4. The maximum absolute atomic E-state index is 11.8. The van der Waals surface area contributed by atoms with E-state index in [9.17, 15) is 15.0 Å². The molecule has 0 aliphatic carbocycles. The van der Waals surface area contributed by atoms with E-state index in [0.29, 0.717) is 5.56 Å². The Labute approximate surface area is 133 Å². The minimum absolute atomic E-state index is 0.293. The standard InChI is InChI=1S/C16H20O7/c1-16(2)22-13-11(18)12(21-15(13)23-16)10(17)8-20-14(19)9-6-4-3-5-7-9/h3-7,10-13,15,17-18H,8H2,1-2H3/t10-,11-,12+,13+,15-/m1/s1. The lowest BCUT2D eigenvalue weighted by atomic mass is 10.1. The molecule has 23 heavy (non-hydrogen) atoms. The van der Waals surface area contributed by atoms with Crippen LogP contribution in [0.2, 0.25) is 0 Å². The van der Waals surface area contributed by atoms with E-state index < -0.39 is 42.5 Å². The highest BCUT2D eigenvalue weighted by Gasteiger charge is 2.56. The molecule has 1 aromatic carbocycles. The summed E-state index contributed by atoms with van der Waals surface area (Å²) < 4.78 is 21.6. The van der Waals surface area contributed by atoms with Crippen LogP contribution in [0, 0.1) is 0 Å². The Bertz CT molecular complexity index is 559. The van der Waals surface area contributed by atoms with E-state index in [1.807, 2.05) is 0 Å². The fourth-order valence-corrected chi connectivity index (χ4v) is 2.75. The Morgan fingerprint density at radius 2 is 2.00 bits per heavy atom. The van der Waals surface area contributed by atoms with Crippen molar-refractivity contribution in [2.24, 2.45) is 0 Å². The number of rotatable bonds is 4. The van der Waals surface area contributed by atoms with E-state index in [1.54, 1.807) is 44.2 Å². The first-order chi connectivity index (χ1) is 10.9. The van der Waals surface area contributed by atoms with Crippen LogP contribution in [0.4, 0.5) is 0 Å². The van der Waals surface area contributed by atoms with Crippen LogP contribution in [-0.4, -0.2) is 59.3 Å². The van der Waals surface area contributed by atoms with Gasteiger partial charge in [0.2, 0.25) is 0 Å². The van der Waals surface area contributed by atoms with E-state index in [2.05, 4.69) is 0 Å². The van der Waals surface area contributed by atoms with Crippen LogP contribution in [0.25, 0.3) is 0 Å². The van der Waals surface area contributed by atoms with Crippen molar-refractivity contribution in [3.05, 3.63) is 35.9 Å². The van der Waals surface area contributed by atoms with Gasteiger partial charge >= 0.3 is 5.97 Å². The first-order valence-electron chi connectivity index (χ1n) is 7.47. The van der Waals surface area contributed by atoms with Crippen molar-refractivity contribution in [1.82, 2.24) is 0 Å². The molecular formula is C16H20O7. The maximum Gasteiger partial charge on any atom is 0.338 e. The lowest BCUT2D eigenvalue weighted by Crippen LogP contribution is -2.43. The van der Waals surface area contributed by atoms with E-state index in [0.717, 1.165) is 0 Å². The molecule has 7 heteroatoms. The number of carbonyl (C=O) groups is 1. The second-order valence-electron chi connectivity index (χ2n) is 6.09. The van der Waals surface area contributed by atoms with Gasteiger partial charge in [0.05, 0.1) is 5.56 Å². The quantitative estimate of drug-likeness (QED) is 0.776. The number of hydrogen-bond donors (Lipinski definition) is 2. The normalized spacial score (nSPS) is 33.2. The molecule has 2 saturated heterocycles. The van der Waals surface area contributed by atoms with Gasteiger partial charge in [-0.2, -0.15) is 0 Å². The van der Waals surface area contributed by atoms with E-state index in [1.165, 1.54) is 0 Å². The number of carbonyl (C=O) groups excluding carboxylic acids is 1. The SMILES string of the molecule is CC1(C)O[C@H]2O[C@@H]([C@H](O)COC(=O)c3ccccc3)[C@@H](O)[C@@H]2O1. The summed E-state index contributed by atoms with van der Waals surface area (Å²) >= 11 is 0. The van der Waals surface area contributed by atoms with Crippen molar-refractivity contribution in [2.75, 3.05) is 6.61 Å². The highest BCUT2D eigenvalue weighted by molar-refractivity contribution is 5.89. The van der Waals surface area contributed by atoms with Crippen LogP contribution in [0.1, 0.15) is 24.2 Å². The van der Waals surface area contributed by atoms with Crippen LogP contribution < -0.4 is 0 Å². The molecule has 0 amide bonds. The number of aliphatic hydroxyl groups excluding tert-OH is 2. The third kappa shape index (κ3) is 3.39. The second-order valence-corrected chi connectivity index (χ2v) is 6.09. The van der Waals surface area contributed by atoms with Crippen LogP contribution in [0.5, 0.6) is 0 Å². The molecular weight excluding hydrogens is 304 g/mol. The molecule has 2 fully saturated rings. The Kier molecular flexibility index (Phi) is 4.39. The van der Waals surface area contributed by atoms with Gasteiger partial charge in [0.25, 0.3) is 0 Å². The minimum atomic E-state index is -1.18. The Balaban J connectivity index is 1.54. The minimum Gasteiger partial charge on any atom is -0.459 e. The Morgan fingerprint density at radius 3 is 2.65 bits per heavy atom. The summed E-state index contributed by atoms with van der Waals surface area (Å²) in [6.45, 7) is 3.14. The molecule has 2 N–H and O–H groups in total. The molecule has 3 rings (SSSR count). The van der Waals surface area contributed by atoms with Gasteiger partial charge in [-0.05, 0) is 26.0 Å². The van der Waals surface area contributed by atoms with Crippen molar-refractivity contribution < 1.29 is 34.0 Å². The lowest BCUT2D eigenvalue weighted by Gasteiger charge is -2.25. The Morgan fingerprint density at radius 1 is 1.30 bits per heavy atom. The molecule has 2 aliphatic heterocycles. The average molecular weight is 324 g/mol. The largest absolute Gasteiger partial charge is 0.459 e. The number of aliphatic hydroxyl groups is 2. The van der Waals surface area contributed by atoms with Gasteiger partial charge in [-0.1, -0.05) is 18.2 Å². The van der Waals surface area contributed by atoms with E-state index >= 15 is 0 Å². The summed E-state index contributed by atoms with van der Waals surface area (Å²) in [6, 6.07) is 8.45. The van der Waals surface area contributed by atoms with Crippen LogP contribution >= 0.6 is 0 Å². The van der Waals surface area contributed by atoms with Gasteiger partial charge in [0, 0.05) is 0 Å². The van der Waals surface area contributed by atoms with Gasteiger partial charge < -0.3 is 29.2 Å². The maximum atomic E-state index is 11.8. The van der Waals surface area contributed by atoms with Gasteiger partial charge in [0.1, 0.15) is 31.0 Å². The van der Waals surface area contributed by atoms with Gasteiger partial charge in [-0.25, -0.2) is 4.79 Å². The predicted molar refractivity (Wildman–Crippen MR) is 77.4 cm³/mol. The zero-order valence-corrected chi connectivity index (χ0v) is 12.9. The molecule has 1 aromatic rings. The summed E-state index contributed by atoms with van der Waals surface area (Å²) in [5.41, 5.74) is 0.387. The summed E-state index contributed by atoms with van der Waals surface area (Å²) in [5.74, 6) is -1.39. The number of esters is 1. The number of benzene rings is 1. The highest BCUT2D eigenvalue weighted by atomic mass is 16.8. The first kappa shape index (κ1) is 16.4. The molecule has 2 aliphatic rings. The van der Waals surface area contributed by atoms with Gasteiger partial charge in [0.15, 0.2) is 12.1 Å². The van der Waals surface area contributed by atoms with E-state index in [-0.39, 0.29) is 6.61 Å². The molecule has 0 aromatic heterocycles. The summed E-state index contributed by atoms with van der Waals surface area (Å²) in [5, 5.41) is 20.3. The van der Waals surface area contributed by atoms with Crippen molar-refractivity contribution in [1.29, 1.82) is 0 Å². The van der Waals surface area contributed by atoms with Crippen molar-refractivity contribution >= 4 is 5.97 Å². The van der Waals surface area contributed by atoms with Crippen LogP contribution in [0.15, 0.2) is 30.3 Å². The molecule has 2 heterocycles. The average Bonchev–Trinajstić information content (AvgIpc) is 2.99. The molecule has 0 spiro atoms. The summed E-state index contributed by atoms with van der Waals surface area (Å²) in [7, 11) is 0. The lowest BCUT2D eigenvalue weighted by molar-refractivity contribution is -0.227. The smallest absolute Gasteiger partial charge is 0.338 e. The monoisotopic (exact) mass is 324 g/mol. The second kappa shape index (κ2) is 6.18. The van der Waals surface area contributed by atoms with Crippen molar-refractivity contribution in [3.8, 4) is 0 Å². The molecule has 0 unspecified atom stereocenters. The van der Waals surface area contributed by atoms with Gasteiger partial charge in [-0.15, -0.1) is 0 Å².